The van der Waals surface area contributed by atoms with Crippen LogP contribution in [0.4, 0.5) is 5.69 Å². The van der Waals surface area contributed by atoms with Gasteiger partial charge >= 0.3 is 0 Å². The van der Waals surface area contributed by atoms with Crippen molar-refractivity contribution in [2.24, 2.45) is 5.92 Å². The van der Waals surface area contributed by atoms with Crippen LogP contribution in [0, 0.1) is 5.92 Å². The van der Waals surface area contributed by atoms with Gasteiger partial charge in [0.25, 0.3) is 5.91 Å². The van der Waals surface area contributed by atoms with Crippen molar-refractivity contribution in [1.82, 2.24) is 5.32 Å². The monoisotopic (exact) mass is 296 g/mol. The van der Waals surface area contributed by atoms with E-state index in [4.69, 9.17) is 10.5 Å². The SMILES string of the molecule is Cl.Nc1ccccc1C(=O)NC1CCCC2OCCC12. The fourth-order valence-electron chi connectivity index (χ4n) is 3.30. The smallest absolute Gasteiger partial charge is 0.253 e. The average molecular weight is 297 g/mol. The minimum absolute atomic E-state index is 0. The highest BCUT2D eigenvalue weighted by Gasteiger charge is 2.38. The topological polar surface area (TPSA) is 64.4 Å². The summed E-state index contributed by atoms with van der Waals surface area (Å²) >= 11 is 0. The molecule has 0 aromatic heterocycles. The first-order valence-electron chi connectivity index (χ1n) is 7.02. The zero-order chi connectivity index (χ0) is 13.2. The van der Waals surface area contributed by atoms with Crippen molar-refractivity contribution in [1.29, 1.82) is 0 Å². The Morgan fingerprint density at radius 2 is 2.05 bits per heavy atom. The van der Waals surface area contributed by atoms with Gasteiger partial charge in [-0.1, -0.05) is 12.1 Å². The Labute approximate surface area is 125 Å². The number of anilines is 1. The lowest BCUT2D eigenvalue weighted by Gasteiger charge is -2.33. The summed E-state index contributed by atoms with van der Waals surface area (Å²) in [6.45, 7) is 0.829. The van der Waals surface area contributed by atoms with E-state index in [0.29, 0.717) is 23.3 Å². The number of carbonyl (C=O) groups excluding carboxylic acids is 1. The third-order valence-electron chi connectivity index (χ3n) is 4.30. The fourth-order valence-corrected chi connectivity index (χ4v) is 3.30. The molecule has 1 heterocycles. The van der Waals surface area contributed by atoms with E-state index in [9.17, 15) is 4.79 Å². The second-order valence-corrected chi connectivity index (χ2v) is 5.46. The molecule has 1 aliphatic heterocycles. The molecule has 0 radical (unpaired) electrons. The van der Waals surface area contributed by atoms with E-state index in [-0.39, 0.29) is 24.4 Å². The Kier molecular flexibility index (Phi) is 4.89. The summed E-state index contributed by atoms with van der Waals surface area (Å²) in [6, 6.07) is 7.45. The van der Waals surface area contributed by atoms with E-state index in [1.807, 2.05) is 12.1 Å². The number of nitrogens with two attached hydrogens (primary N) is 1. The molecule has 20 heavy (non-hydrogen) atoms. The molecule has 1 aromatic carbocycles. The van der Waals surface area contributed by atoms with Crippen LogP contribution in [0.1, 0.15) is 36.0 Å². The lowest BCUT2D eigenvalue weighted by molar-refractivity contribution is 0.0510. The minimum Gasteiger partial charge on any atom is -0.398 e. The van der Waals surface area contributed by atoms with Gasteiger partial charge in [-0.25, -0.2) is 0 Å². The number of para-hydroxylation sites is 1. The highest BCUT2D eigenvalue weighted by molar-refractivity contribution is 5.99. The lowest BCUT2D eigenvalue weighted by Crippen LogP contribution is -2.45. The maximum absolute atomic E-state index is 12.3. The number of hydrogen-bond donors (Lipinski definition) is 2. The zero-order valence-electron chi connectivity index (χ0n) is 11.4. The highest BCUT2D eigenvalue weighted by Crippen LogP contribution is 2.34. The highest BCUT2D eigenvalue weighted by atomic mass is 35.5. The Bertz CT molecular complexity index is 481. The van der Waals surface area contributed by atoms with Gasteiger partial charge in [-0.15, -0.1) is 12.4 Å². The van der Waals surface area contributed by atoms with E-state index < -0.39 is 0 Å². The lowest BCUT2D eigenvalue weighted by atomic mass is 9.81. The Balaban J connectivity index is 0.00000147. The molecule has 1 aromatic rings. The van der Waals surface area contributed by atoms with Gasteiger partial charge in [0.05, 0.1) is 11.7 Å². The van der Waals surface area contributed by atoms with Crippen molar-refractivity contribution in [3.8, 4) is 0 Å². The third-order valence-corrected chi connectivity index (χ3v) is 4.30. The number of ether oxygens (including phenoxy) is 1. The van der Waals surface area contributed by atoms with Crippen LogP contribution >= 0.6 is 12.4 Å². The van der Waals surface area contributed by atoms with Crippen molar-refractivity contribution in [2.75, 3.05) is 12.3 Å². The summed E-state index contributed by atoms with van der Waals surface area (Å²) in [5, 5.41) is 3.15. The number of rotatable bonds is 2. The maximum Gasteiger partial charge on any atom is 0.253 e. The summed E-state index contributed by atoms with van der Waals surface area (Å²) < 4.78 is 5.72. The van der Waals surface area contributed by atoms with Crippen LogP contribution < -0.4 is 11.1 Å². The predicted octanol–water partition coefficient (Wildman–Crippen LogP) is 2.38. The normalized spacial score (nSPS) is 28.3. The zero-order valence-corrected chi connectivity index (χ0v) is 12.2. The molecule has 0 spiro atoms. The second-order valence-electron chi connectivity index (χ2n) is 5.46. The summed E-state index contributed by atoms with van der Waals surface area (Å²) in [5.41, 5.74) is 6.96. The number of nitrogens with one attached hydrogen (secondary N) is 1. The molecule has 2 fully saturated rings. The van der Waals surface area contributed by atoms with Crippen molar-refractivity contribution < 1.29 is 9.53 Å². The molecule has 3 unspecified atom stereocenters. The van der Waals surface area contributed by atoms with E-state index in [1.54, 1.807) is 12.1 Å². The minimum atomic E-state index is -0.0596. The van der Waals surface area contributed by atoms with Gasteiger partial charge in [0.2, 0.25) is 0 Å². The molecule has 1 aliphatic carbocycles. The number of amides is 1. The predicted molar refractivity (Wildman–Crippen MR) is 81.1 cm³/mol. The van der Waals surface area contributed by atoms with Crippen LogP contribution in [0.15, 0.2) is 24.3 Å². The van der Waals surface area contributed by atoms with Crippen LogP contribution in [0.5, 0.6) is 0 Å². The summed E-state index contributed by atoms with van der Waals surface area (Å²) in [6.07, 6.45) is 4.69. The largest absolute Gasteiger partial charge is 0.398 e. The molecule has 2 aliphatic rings. The fraction of sp³-hybridized carbons (Fsp3) is 0.533. The molecule has 1 saturated heterocycles. The van der Waals surface area contributed by atoms with Gasteiger partial charge in [0.15, 0.2) is 0 Å². The van der Waals surface area contributed by atoms with Crippen LogP contribution in [-0.2, 0) is 4.74 Å². The Morgan fingerprint density at radius 3 is 2.85 bits per heavy atom. The van der Waals surface area contributed by atoms with E-state index in [0.717, 1.165) is 32.3 Å². The standard InChI is InChI=1S/C15H20N2O2.ClH/c16-12-5-2-1-4-10(12)15(18)17-13-6-3-7-14-11(13)8-9-19-14;/h1-2,4-5,11,13-14H,3,6-9,16H2,(H,17,18);1H. The van der Waals surface area contributed by atoms with E-state index in [1.165, 1.54) is 0 Å². The van der Waals surface area contributed by atoms with Gasteiger partial charge in [0.1, 0.15) is 0 Å². The molecule has 1 amide bonds. The molecule has 3 atom stereocenters. The first-order chi connectivity index (χ1) is 9.25. The maximum atomic E-state index is 12.3. The number of fused-ring (bicyclic) bond motifs is 1. The van der Waals surface area contributed by atoms with Gasteiger partial charge < -0.3 is 15.8 Å². The van der Waals surface area contributed by atoms with Crippen molar-refractivity contribution in [2.45, 2.75) is 37.8 Å². The molecule has 0 bridgehead atoms. The molecule has 110 valence electrons. The summed E-state index contributed by atoms with van der Waals surface area (Å²) in [5.74, 6) is 0.415. The molecule has 5 heteroatoms. The van der Waals surface area contributed by atoms with Gasteiger partial charge in [-0.2, -0.15) is 0 Å². The van der Waals surface area contributed by atoms with Crippen LogP contribution in [0.25, 0.3) is 0 Å². The quantitative estimate of drug-likeness (QED) is 0.824. The Morgan fingerprint density at radius 1 is 1.25 bits per heavy atom. The number of halogens is 1. The second kappa shape index (κ2) is 6.46. The molecular weight excluding hydrogens is 276 g/mol. The number of benzene rings is 1. The summed E-state index contributed by atoms with van der Waals surface area (Å²) in [7, 11) is 0. The first-order valence-corrected chi connectivity index (χ1v) is 7.02. The van der Waals surface area contributed by atoms with Crippen LogP contribution in [0.2, 0.25) is 0 Å². The van der Waals surface area contributed by atoms with Gasteiger partial charge in [-0.3, -0.25) is 4.79 Å². The molecular formula is C15H21ClN2O2. The van der Waals surface area contributed by atoms with Gasteiger partial charge in [-0.05, 0) is 37.8 Å². The first kappa shape index (κ1) is 15.1. The number of hydrogen-bond acceptors (Lipinski definition) is 3. The van der Waals surface area contributed by atoms with E-state index in [2.05, 4.69) is 5.32 Å². The molecule has 3 rings (SSSR count). The third kappa shape index (κ3) is 2.91. The van der Waals surface area contributed by atoms with Crippen LogP contribution in [-0.4, -0.2) is 24.7 Å². The summed E-state index contributed by atoms with van der Waals surface area (Å²) in [4.78, 5) is 12.3. The van der Waals surface area contributed by atoms with E-state index >= 15 is 0 Å². The molecule has 3 N–H and O–H groups in total. The van der Waals surface area contributed by atoms with Gasteiger partial charge in [0, 0.05) is 24.3 Å². The Hall–Kier alpha value is -1.26. The number of carbonyl (C=O) groups is 1. The van der Waals surface area contributed by atoms with Crippen molar-refractivity contribution in [3.05, 3.63) is 29.8 Å². The molecule has 4 nitrogen and oxygen atoms in total. The number of nitrogen functional groups attached to an aromatic ring is 1. The van der Waals surface area contributed by atoms with Crippen molar-refractivity contribution >= 4 is 24.0 Å². The molecule has 1 saturated carbocycles. The van der Waals surface area contributed by atoms with Crippen LogP contribution in [0.3, 0.4) is 0 Å². The average Bonchev–Trinajstić information content (AvgIpc) is 2.88. The van der Waals surface area contributed by atoms with Crippen molar-refractivity contribution in [3.63, 3.8) is 0 Å².